The number of nitrogens with zero attached hydrogens (tertiary/aromatic N) is 4. The van der Waals surface area contributed by atoms with Gasteiger partial charge in [0, 0.05) is 18.3 Å². The summed E-state index contributed by atoms with van der Waals surface area (Å²) in [5.41, 5.74) is 3.85. The Balaban J connectivity index is 1.37. The van der Waals surface area contributed by atoms with Crippen LogP contribution in [0.2, 0.25) is 0 Å². The Bertz CT molecular complexity index is 1520. The van der Waals surface area contributed by atoms with Crippen LogP contribution in [0.1, 0.15) is 79.3 Å². The molecule has 9 nitrogen and oxygen atoms in total. The van der Waals surface area contributed by atoms with E-state index in [4.69, 9.17) is 9.47 Å². The molecule has 1 aliphatic carbocycles. The van der Waals surface area contributed by atoms with E-state index >= 15 is 0 Å². The molecule has 42 heavy (non-hydrogen) atoms. The van der Waals surface area contributed by atoms with Crippen LogP contribution >= 0.6 is 0 Å². The van der Waals surface area contributed by atoms with Gasteiger partial charge in [-0.15, -0.1) is 0 Å². The van der Waals surface area contributed by atoms with Crippen LogP contribution in [0.15, 0.2) is 61.1 Å². The standard InChI is InChI=1S/C33H38N6O3/c1-4-5-17-35-33-37-21-36-30(39-33)26-12-9-18-34-32(26)42-29-20-25(14-13-22(29)2)31(40)38-27-19-24(15-16-28(27)41-3)23-10-7-6-8-11-23/h9,12-16,18-21,23H,4-8,10-11,17H2,1-3H3,(H,38,40)(H,35,36,37,39). The van der Waals surface area contributed by atoms with E-state index < -0.39 is 0 Å². The Kier molecular flexibility index (Phi) is 9.59. The van der Waals surface area contributed by atoms with Crippen LogP contribution in [-0.4, -0.2) is 39.5 Å². The Labute approximate surface area is 247 Å². The molecule has 0 unspecified atom stereocenters. The van der Waals surface area contributed by atoms with Crippen LogP contribution in [0.3, 0.4) is 0 Å². The van der Waals surface area contributed by atoms with Crippen molar-refractivity contribution < 1.29 is 14.3 Å². The summed E-state index contributed by atoms with van der Waals surface area (Å²) in [7, 11) is 1.62. The number of aryl methyl sites for hydroxylation is 1. The van der Waals surface area contributed by atoms with E-state index in [2.05, 4.69) is 49.6 Å². The van der Waals surface area contributed by atoms with Crippen LogP contribution in [0.25, 0.3) is 11.4 Å². The SMILES string of the molecule is CCCCNc1ncnc(-c2cccnc2Oc2cc(C(=O)Nc3cc(C4CCCCC4)ccc3OC)ccc2C)n1. The van der Waals surface area contributed by atoms with Gasteiger partial charge >= 0.3 is 0 Å². The zero-order chi connectivity index (χ0) is 29.3. The molecule has 2 heterocycles. The van der Waals surface area contributed by atoms with Gasteiger partial charge in [0.2, 0.25) is 11.8 Å². The molecule has 9 heteroatoms. The van der Waals surface area contributed by atoms with E-state index in [-0.39, 0.29) is 5.91 Å². The lowest BCUT2D eigenvalue weighted by atomic mass is 9.84. The topological polar surface area (TPSA) is 111 Å². The maximum atomic E-state index is 13.4. The Morgan fingerprint density at radius 1 is 1.00 bits per heavy atom. The van der Waals surface area contributed by atoms with Crippen molar-refractivity contribution in [3.8, 4) is 28.8 Å². The first-order chi connectivity index (χ1) is 20.6. The van der Waals surface area contributed by atoms with Gasteiger partial charge in [0.05, 0.1) is 18.4 Å². The molecule has 0 spiro atoms. The molecule has 0 atom stereocenters. The highest BCUT2D eigenvalue weighted by atomic mass is 16.5. The van der Waals surface area contributed by atoms with Gasteiger partial charge < -0.3 is 20.1 Å². The zero-order valence-electron chi connectivity index (χ0n) is 24.5. The molecule has 1 aliphatic rings. The number of aromatic nitrogens is 4. The molecule has 2 N–H and O–H groups in total. The second kappa shape index (κ2) is 13.9. The molecule has 0 saturated heterocycles. The number of carbonyl (C=O) groups is 1. The largest absolute Gasteiger partial charge is 0.495 e. The van der Waals surface area contributed by atoms with Crippen molar-refractivity contribution in [1.82, 2.24) is 19.9 Å². The molecule has 0 bridgehead atoms. The predicted octanol–water partition coefficient (Wildman–Crippen LogP) is 7.55. The molecule has 0 aliphatic heterocycles. The van der Waals surface area contributed by atoms with E-state index in [9.17, 15) is 4.79 Å². The number of pyridine rings is 1. The van der Waals surface area contributed by atoms with Crippen molar-refractivity contribution in [2.24, 2.45) is 0 Å². The summed E-state index contributed by atoms with van der Waals surface area (Å²) in [6.45, 7) is 4.84. The van der Waals surface area contributed by atoms with Gasteiger partial charge in [0.1, 0.15) is 17.8 Å². The second-order valence-electron chi connectivity index (χ2n) is 10.6. The third-order valence-corrected chi connectivity index (χ3v) is 7.60. The monoisotopic (exact) mass is 566 g/mol. The maximum absolute atomic E-state index is 13.4. The van der Waals surface area contributed by atoms with Gasteiger partial charge in [-0.1, -0.05) is 44.7 Å². The fourth-order valence-electron chi connectivity index (χ4n) is 5.19. The molecule has 2 aromatic carbocycles. The normalized spacial score (nSPS) is 13.4. The van der Waals surface area contributed by atoms with Crippen LogP contribution in [0.5, 0.6) is 17.4 Å². The van der Waals surface area contributed by atoms with Gasteiger partial charge in [-0.3, -0.25) is 4.79 Å². The van der Waals surface area contributed by atoms with Gasteiger partial charge in [-0.25, -0.2) is 15.0 Å². The van der Waals surface area contributed by atoms with Gasteiger partial charge in [0.15, 0.2) is 5.82 Å². The quantitative estimate of drug-likeness (QED) is 0.179. The number of benzene rings is 2. The number of rotatable bonds is 11. The summed E-state index contributed by atoms with van der Waals surface area (Å²) in [4.78, 5) is 31.0. The molecular formula is C33H38N6O3. The Morgan fingerprint density at radius 3 is 2.67 bits per heavy atom. The van der Waals surface area contributed by atoms with Crippen molar-refractivity contribution >= 4 is 17.5 Å². The van der Waals surface area contributed by atoms with Crippen molar-refractivity contribution in [2.45, 2.75) is 64.7 Å². The summed E-state index contributed by atoms with van der Waals surface area (Å²) in [6, 6.07) is 15.1. The number of hydrogen-bond donors (Lipinski definition) is 2. The summed E-state index contributed by atoms with van der Waals surface area (Å²) < 4.78 is 11.8. The van der Waals surface area contributed by atoms with E-state index in [1.807, 2.05) is 31.2 Å². The molecule has 218 valence electrons. The van der Waals surface area contributed by atoms with E-state index in [1.165, 1.54) is 44.0 Å². The summed E-state index contributed by atoms with van der Waals surface area (Å²) in [6.07, 6.45) is 11.3. The number of ether oxygens (including phenoxy) is 2. The van der Waals surface area contributed by atoms with E-state index in [1.54, 1.807) is 25.4 Å². The summed E-state index contributed by atoms with van der Waals surface area (Å²) in [5.74, 6) is 2.70. The van der Waals surface area contributed by atoms with Crippen molar-refractivity contribution in [1.29, 1.82) is 0 Å². The highest BCUT2D eigenvalue weighted by Gasteiger charge is 2.19. The van der Waals surface area contributed by atoms with Crippen LogP contribution in [0, 0.1) is 6.92 Å². The number of anilines is 2. The molecule has 5 rings (SSSR count). The molecule has 1 saturated carbocycles. The molecule has 1 amide bonds. The molecule has 2 aromatic heterocycles. The summed E-state index contributed by atoms with van der Waals surface area (Å²) >= 11 is 0. The van der Waals surface area contributed by atoms with Crippen molar-refractivity contribution in [3.05, 3.63) is 77.7 Å². The number of nitrogens with one attached hydrogen (secondary N) is 2. The first-order valence-corrected chi connectivity index (χ1v) is 14.7. The Hall–Kier alpha value is -4.53. The summed E-state index contributed by atoms with van der Waals surface area (Å²) in [5, 5.41) is 6.29. The zero-order valence-corrected chi connectivity index (χ0v) is 24.5. The third kappa shape index (κ3) is 7.02. The lowest BCUT2D eigenvalue weighted by Crippen LogP contribution is -2.14. The van der Waals surface area contributed by atoms with Crippen LogP contribution < -0.4 is 20.1 Å². The molecule has 4 aromatic rings. The second-order valence-corrected chi connectivity index (χ2v) is 10.6. The predicted molar refractivity (Wildman–Crippen MR) is 164 cm³/mol. The van der Waals surface area contributed by atoms with Crippen molar-refractivity contribution in [3.63, 3.8) is 0 Å². The highest BCUT2D eigenvalue weighted by Crippen LogP contribution is 2.37. The fourth-order valence-corrected chi connectivity index (χ4v) is 5.19. The highest BCUT2D eigenvalue weighted by molar-refractivity contribution is 6.05. The first-order valence-electron chi connectivity index (χ1n) is 14.7. The van der Waals surface area contributed by atoms with Crippen LogP contribution in [0.4, 0.5) is 11.6 Å². The molecular weight excluding hydrogens is 528 g/mol. The van der Waals surface area contributed by atoms with Gasteiger partial charge in [0.25, 0.3) is 5.91 Å². The first kappa shape index (κ1) is 29.0. The fraction of sp³-hybridized carbons (Fsp3) is 0.364. The minimum Gasteiger partial charge on any atom is -0.495 e. The minimum absolute atomic E-state index is 0.250. The molecule has 1 fully saturated rings. The number of hydrogen-bond acceptors (Lipinski definition) is 8. The minimum atomic E-state index is -0.250. The third-order valence-electron chi connectivity index (χ3n) is 7.60. The lowest BCUT2D eigenvalue weighted by Gasteiger charge is -2.23. The number of unbranched alkanes of at least 4 members (excludes halogenated alkanes) is 1. The number of methoxy groups -OCH3 is 1. The average Bonchev–Trinajstić information content (AvgIpc) is 3.03. The lowest BCUT2D eigenvalue weighted by molar-refractivity contribution is 0.102. The Morgan fingerprint density at radius 2 is 1.86 bits per heavy atom. The number of carbonyl (C=O) groups excluding carboxylic acids is 1. The van der Waals surface area contributed by atoms with Crippen molar-refractivity contribution in [2.75, 3.05) is 24.3 Å². The number of amides is 1. The van der Waals surface area contributed by atoms with Gasteiger partial charge in [-0.05, 0) is 79.6 Å². The molecule has 0 radical (unpaired) electrons. The van der Waals surface area contributed by atoms with Crippen LogP contribution in [-0.2, 0) is 0 Å². The maximum Gasteiger partial charge on any atom is 0.255 e. The van der Waals surface area contributed by atoms with Gasteiger partial charge in [-0.2, -0.15) is 4.98 Å². The average molecular weight is 567 g/mol. The smallest absolute Gasteiger partial charge is 0.255 e. The van der Waals surface area contributed by atoms with E-state index in [0.29, 0.717) is 51.9 Å². The van der Waals surface area contributed by atoms with E-state index in [0.717, 1.165) is 24.9 Å².